The van der Waals surface area contributed by atoms with Gasteiger partial charge in [0.2, 0.25) is 0 Å². The van der Waals surface area contributed by atoms with E-state index in [1.807, 2.05) is 6.08 Å². The van der Waals surface area contributed by atoms with Crippen molar-refractivity contribution in [3.05, 3.63) is 41.5 Å². The van der Waals surface area contributed by atoms with Crippen molar-refractivity contribution in [2.24, 2.45) is 0 Å². The lowest BCUT2D eigenvalue weighted by Crippen LogP contribution is -2.44. The van der Waals surface area contributed by atoms with Crippen LogP contribution in [-0.2, 0) is 6.42 Å². The second kappa shape index (κ2) is 5.54. The van der Waals surface area contributed by atoms with Gasteiger partial charge in [-0.25, -0.2) is 0 Å². The Morgan fingerprint density at radius 3 is 2.00 bits per heavy atom. The molecule has 2 heteroatoms. The summed E-state index contributed by atoms with van der Waals surface area (Å²) in [6.45, 7) is 19.5. The van der Waals surface area contributed by atoms with Gasteiger partial charge < -0.3 is 4.43 Å². The quantitative estimate of drug-likeness (QED) is 0.527. The van der Waals surface area contributed by atoms with Crippen molar-refractivity contribution in [2.75, 3.05) is 0 Å². The molecule has 1 nitrogen and oxygen atoms in total. The summed E-state index contributed by atoms with van der Waals surface area (Å²) in [6, 6.07) is 4.44. The van der Waals surface area contributed by atoms with Gasteiger partial charge in [-0.15, -0.1) is 6.58 Å². The van der Waals surface area contributed by atoms with Crippen molar-refractivity contribution in [2.45, 2.75) is 59.2 Å². The highest BCUT2D eigenvalue weighted by Gasteiger charge is 2.39. The highest BCUT2D eigenvalue weighted by molar-refractivity contribution is 6.74. The number of hydrogen-bond donors (Lipinski definition) is 0. The second-order valence-electron chi connectivity index (χ2n) is 6.91. The van der Waals surface area contributed by atoms with Crippen molar-refractivity contribution in [1.82, 2.24) is 0 Å². The van der Waals surface area contributed by atoms with Crippen molar-refractivity contribution in [3.8, 4) is 5.75 Å². The molecule has 1 rings (SSSR count). The van der Waals surface area contributed by atoms with E-state index in [2.05, 4.69) is 66.4 Å². The van der Waals surface area contributed by atoms with Crippen LogP contribution in [0.5, 0.6) is 5.75 Å². The Balaban J connectivity index is 3.13. The minimum absolute atomic E-state index is 0.228. The molecule has 0 bridgehead atoms. The maximum atomic E-state index is 6.47. The van der Waals surface area contributed by atoms with E-state index in [4.69, 9.17) is 4.43 Å². The maximum Gasteiger partial charge on any atom is 0.250 e. The monoisotopic (exact) mass is 276 g/mol. The van der Waals surface area contributed by atoms with Crippen LogP contribution in [-0.4, -0.2) is 8.32 Å². The summed E-state index contributed by atoms with van der Waals surface area (Å²) in [5.41, 5.74) is 3.79. The molecule has 1 aromatic rings. The van der Waals surface area contributed by atoms with Crippen molar-refractivity contribution < 1.29 is 4.43 Å². The maximum absolute atomic E-state index is 6.47. The average molecular weight is 276 g/mol. The molecule has 0 aromatic heterocycles. The fraction of sp³-hybridized carbons (Fsp3) is 0.529. The number of benzene rings is 1. The van der Waals surface area contributed by atoms with E-state index in [1.165, 1.54) is 16.7 Å². The lowest BCUT2D eigenvalue weighted by molar-refractivity contribution is 0.486. The molecule has 0 unspecified atom stereocenters. The first-order chi connectivity index (χ1) is 8.58. The highest BCUT2D eigenvalue weighted by atomic mass is 28.4. The smallest absolute Gasteiger partial charge is 0.250 e. The molecular formula is C17H28OSi. The number of allylic oxidation sites excluding steroid dienone is 1. The molecule has 0 N–H and O–H groups in total. The van der Waals surface area contributed by atoms with Gasteiger partial charge in [0.05, 0.1) is 0 Å². The summed E-state index contributed by atoms with van der Waals surface area (Å²) in [7, 11) is -1.76. The zero-order valence-electron chi connectivity index (χ0n) is 13.6. The van der Waals surface area contributed by atoms with Gasteiger partial charge in [-0.3, -0.25) is 0 Å². The Hall–Kier alpha value is -1.02. The lowest BCUT2D eigenvalue weighted by Gasteiger charge is -2.37. The Kier molecular flexibility index (Phi) is 4.67. The van der Waals surface area contributed by atoms with E-state index < -0.39 is 8.32 Å². The Labute approximate surface area is 119 Å². The molecule has 0 heterocycles. The van der Waals surface area contributed by atoms with Gasteiger partial charge in [-0.2, -0.15) is 0 Å². The van der Waals surface area contributed by atoms with Crippen LogP contribution in [0.15, 0.2) is 24.8 Å². The summed E-state index contributed by atoms with van der Waals surface area (Å²) in [4.78, 5) is 0. The van der Waals surface area contributed by atoms with E-state index in [9.17, 15) is 0 Å². The minimum atomic E-state index is -1.76. The van der Waals surface area contributed by atoms with Crippen LogP contribution in [0.25, 0.3) is 0 Å². The molecule has 106 valence electrons. The first kappa shape index (κ1) is 16.0. The predicted molar refractivity (Wildman–Crippen MR) is 87.6 cm³/mol. The van der Waals surface area contributed by atoms with Crippen LogP contribution in [0, 0.1) is 13.8 Å². The zero-order valence-corrected chi connectivity index (χ0v) is 14.6. The third kappa shape index (κ3) is 3.72. The lowest BCUT2D eigenvalue weighted by atomic mass is 10.0. The molecular weight excluding hydrogens is 248 g/mol. The van der Waals surface area contributed by atoms with Gasteiger partial charge in [-0.05, 0) is 55.1 Å². The van der Waals surface area contributed by atoms with E-state index in [1.54, 1.807) is 0 Å². The van der Waals surface area contributed by atoms with Gasteiger partial charge >= 0.3 is 0 Å². The van der Waals surface area contributed by atoms with Crippen molar-refractivity contribution >= 4 is 8.32 Å². The second-order valence-corrected chi connectivity index (χ2v) is 11.6. The minimum Gasteiger partial charge on any atom is -0.543 e. The van der Waals surface area contributed by atoms with E-state index >= 15 is 0 Å². The Morgan fingerprint density at radius 1 is 1.16 bits per heavy atom. The SMILES string of the molecule is C=CCc1cc(C)c(O[Si](C)(C)C(C)(C)C)c(C)c1. The first-order valence-corrected chi connectivity index (χ1v) is 9.89. The standard InChI is InChI=1S/C17H28OSi/c1-9-10-15-11-13(2)16(14(3)12-15)18-19(7,8)17(4,5)6/h9,11-12H,1,10H2,2-8H3. The van der Waals surface area contributed by atoms with E-state index in [0.29, 0.717) is 0 Å². The molecule has 0 radical (unpaired) electrons. The fourth-order valence-electron chi connectivity index (χ4n) is 1.89. The molecule has 0 spiro atoms. The van der Waals surface area contributed by atoms with Crippen LogP contribution >= 0.6 is 0 Å². The third-order valence-corrected chi connectivity index (χ3v) is 8.39. The van der Waals surface area contributed by atoms with Crippen LogP contribution in [0.3, 0.4) is 0 Å². The van der Waals surface area contributed by atoms with Gasteiger partial charge in [0.15, 0.2) is 0 Å². The summed E-state index contributed by atoms with van der Waals surface area (Å²) in [5, 5.41) is 0.228. The zero-order chi connectivity index (χ0) is 14.8. The van der Waals surface area contributed by atoms with Crippen LogP contribution in [0.1, 0.15) is 37.5 Å². The van der Waals surface area contributed by atoms with Crippen LogP contribution in [0.4, 0.5) is 0 Å². The summed E-state index contributed by atoms with van der Waals surface area (Å²) in [6.07, 6.45) is 2.87. The van der Waals surface area contributed by atoms with E-state index in [-0.39, 0.29) is 5.04 Å². The van der Waals surface area contributed by atoms with Gasteiger partial charge in [-0.1, -0.05) is 39.0 Å². The third-order valence-electron chi connectivity index (χ3n) is 4.06. The van der Waals surface area contributed by atoms with Gasteiger partial charge in [0.1, 0.15) is 5.75 Å². The molecule has 0 fully saturated rings. The number of hydrogen-bond acceptors (Lipinski definition) is 1. The van der Waals surface area contributed by atoms with Crippen LogP contribution < -0.4 is 4.43 Å². The first-order valence-electron chi connectivity index (χ1n) is 6.98. The summed E-state index contributed by atoms with van der Waals surface area (Å²) in [5.74, 6) is 1.08. The van der Waals surface area contributed by atoms with Gasteiger partial charge in [0, 0.05) is 0 Å². The molecule has 0 amide bonds. The molecule has 1 aromatic carbocycles. The summed E-state index contributed by atoms with van der Waals surface area (Å²) < 4.78 is 6.47. The predicted octanol–water partition coefficient (Wildman–Crippen LogP) is 5.42. The molecule has 0 aliphatic heterocycles. The average Bonchev–Trinajstić information content (AvgIpc) is 2.22. The Morgan fingerprint density at radius 2 is 1.63 bits per heavy atom. The number of rotatable bonds is 4. The largest absolute Gasteiger partial charge is 0.543 e. The molecule has 19 heavy (non-hydrogen) atoms. The Bertz CT molecular complexity index is 444. The van der Waals surface area contributed by atoms with Gasteiger partial charge in [0.25, 0.3) is 8.32 Å². The molecule has 0 aliphatic rings. The topological polar surface area (TPSA) is 9.23 Å². The molecule has 0 atom stereocenters. The van der Waals surface area contributed by atoms with E-state index in [0.717, 1.165) is 12.2 Å². The normalized spacial score (nSPS) is 12.4. The number of aryl methyl sites for hydroxylation is 2. The summed E-state index contributed by atoms with van der Waals surface area (Å²) >= 11 is 0. The molecule has 0 saturated heterocycles. The fourth-order valence-corrected chi connectivity index (χ4v) is 3.03. The molecule has 0 saturated carbocycles. The van der Waals surface area contributed by atoms with Crippen molar-refractivity contribution in [1.29, 1.82) is 0 Å². The van der Waals surface area contributed by atoms with Crippen molar-refractivity contribution in [3.63, 3.8) is 0 Å². The molecule has 0 aliphatic carbocycles. The van der Waals surface area contributed by atoms with Crippen LogP contribution in [0.2, 0.25) is 18.1 Å². The highest BCUT2D eigenvalue weighted by Crippen LogP contribution is 2.39.